The number of hydrogen-bond acceptors (Lipinski definition) is 5. The zero-order chi connectivity index (χ0) is 12.0. The number of nitrogens with one attached hydrogen (secondary N) is 1. The van der Waals surface area contributed by atoms with Crippen molar-refractivity contribution in [2.75, 3.05) is 6.54 Å². The van der Waals surface area contributed by atoms with Crippen LogP contribution in [0.3, 0.4) is 0 Å². The Morgan fingerprint density at radius 2 is 2.50 bits per heavy atom. The first-order valence-electron chi connectivity index (χ1n) is 4.76. The number of rotatable bonds is 5. The maximum atomic E-state index is 11.2. The summed E-state index contributed by atoms with van der Waals surface area (Å²) < 4.78 is 0. The number of carbonyl (C=O) groups is 1. The van der Waals surface area contributed by atoms with Crippen LogP contribution in [0.15, 0.2) is 10.5 Å². The summed E-state index contributed by atoms with van der Waals surface area (Å²) in [5.41, 5.74) is 6.18. The van der Waals surface area contributed by atoms with E-state index < -0.39 is 0 Å². The fourth-order valence-electron chi connectivity index (χ4n) is 1.09. The van der Waals surface area contributed by atoms with E-state index in [2.05, 4.69) is 15.5 Å². The molecule has 16 heavy (non-hydrogen) atoms. The van der Waals surface area contributed by atoms with Gasteiger partial charge in [-0.1, -0.05) is 5.16 Å². The largest absolute Gasteiger partial charge is 0.409 e. The number of oxime groups is 1. The Kier molecular flexibility index (Phi) is 4.71. The van der Waals surface area contributed by atoms with Crippen LogP contribution in [0.5, 0.6) is 0 Å². The van der Waals surface area contributed by atoms with Crippen molar-refractivity contribution in [3.63, 3.8) is 0 Å². The van der Waals surface area contributed by atoms with Gasteiger partial charge in [0.1, 0.15) is 5.84 Å². The number of amidine groups is 1. The second kappa shape index (κ2) is 6.06. The van der Waals surface area contributed by atoms with Gasteiger partial charge in [0, 0.05) is 24.0 Å². The van der Waals surface area contributed by atoms with Crippen LogP contribution in [-0.4, -0.2) is 28.5 Å². The SMILES string of the molecule is Cc1csc(CCNC(=O)CC(N)=NO)n1. The molecule has 7 heteroatoms. The van der Waals surface area contributed by atoms with Gasteiger partial charge in [-0.25, -0.2) is 4.98 Å². The second-order valence-corrected chi connectivity index (χ2v) is 4.19. The van der Waals surface area contributed by atoms with Gasteiger partial charge in [-0.15, -0.1) is 11.3 Å². The van der Waals surface area contributed by atoms with E-state index in [-0.39, 0.29) is 18.2 Å². The van der Waals surface area contributed by atoms with Crippen LogP contribution >= 0.6 is 11.3 Å². The van der Waals surface area contributed by atoms with Crippen molar-refractivity contribution in [3.05, 3.63) is 16.1 Å². The summed E-state index contributed by atoms with van der Waals surface area (Å²) >= 11 is 1.57. The van der Waals surface area contributed by atoms with Crippen LogP contribution in [0.4, 0.5) is 0 Å². The van der Waals surface area contributed by atoms with Gasteiger partial charge in [-0.3, -0.25) is 4.79 Å². The van der Waals surface area contributed by atoms with Crippen LogP contribution < -0.4 is 11.1 Å². The minimum absolute atomic E-state index is 0.0899. The summed E-state index contributed by atoms with van der Waals surface area (Å²) in [4.78, 5) is 15.5. The van der Waals surface area contributed by atoms with Gasteiger partial charge in [0.25, 0.3) is 0 Å². The van der Waals surface area contributed by atoms with Gasteiger partial charge in [-0.05, 0) is 6.92 Å². The normalized spacial score (nSPS) is 11.4. The highest BCUT2D eigenvalue weighted by molar-refractivity contribution is 7.09. The molecule has 1 amide bonds. The van der Waals surface area contributed by atoms with Crippen LogP contribution in [0.1, 0.15) is 17.1 Å². The predicted molar refractivity (Wildman–Crippen MR) is 61.6 cm³/mol. The van der Waals surface area contributed by atoms with E-state index in [0.29, 0.717) is 13.0 Å². The minimum Gasteiger partial charge on any atom is -0.409 e. The summed E-state index contributed by atoms with van der Waals surface area (Å²) in [5, 5.41) is 16.6. The quantitative estimate of drug-likeness (QED) is 0.298. The maximum Gasteiger partial charge on any atom is 0.227 e. The topological polar surface area (TPSA) is 101 Å². The molecule has 1 aromatic rings. The number of amides is 1. The van der Waals surface area contributed by atoms with Gasteiger partial charge in [0.15, 0.2) is 0 Å². The molecule has 1 aromatic heterocycles. The van der Waals surface area contributed by atoms with Gasteiger partial charge < -0.3 is 16.3 Å². The van der Waals surface area contributed by atoms with Crippen LogP contribution in [0.2, 0.25) is 0 Å². The van der Waals surface area contributed by atoms with Crippen molar-refractivity contribution in [1.82, 2.24) is 10.3 Å². The van der Waals surface area contributed by atoms with Crippen LogP contribution in [-0.2, 0) is 11.2 Å². The van der Waals surface area contributed by atoms with Crippen LogP contribution in [0, 0.1) is 6.92 Å². The van der Waals surface area contributed by atoms with Crippen molar-refractivity contribution in [3.8, 4) is 0 Å². The van der Waals surface area contributed by atoms with E-state index in [1.165, 1.54) is 0 Å². The third-order valence-electron chi connectivity index (χ3n) is 1.80. The molecule has 0 aliphatic heterocycles. The number of hydrogen-bond donors (Lipinski definition) is 3. The van der Waals surface area contributed by atoms with E-state index in [1.54, 1.807) is 11.3 Å². The number of thiazole rings is 1. The molecule has 0 unspecified atom stereocenters. The number of nitrogens with zero attached hydrogens (tertiary/aromatic N) is 2. The smallest absolute Gasteiger partial charge is 0.227 e. The van der Waals surface area contributed by atoms with Crippen LogP contribution in [0.25, 0.3) is 0 Å². The molecule has 1 rings (SSSR count). The molecule has 0 fully saturated rings. The van der Waals surface area contributed by atoms with Crippen molar-refractivity contribution in [2.24, 2.45) is 10.9 Å². The van der Waals surface area contributed by atoms with E-state index >= 15 is 0 Å². The standard InChI is InChI=1S/C9H14N4O2S/c1-6-5-16-9(12-6)2-3-11-8(14)4-7(10)13-15/h5,15H,2-4H2,1H3,(H2,10,13)(H,11,14). The van der Waals surface area contributed by atoms with Crippen molar-refractivity contribution < 1.29 is 10.0 Å². The average Bonchev–Trinajstić information content (AvgIpc) is 2.64. The molecule has 0 aliphatic carbocycles. The van der Waals surface area contributed by atoms with Gasteiger partial charge in [0.2, 0.25) is 5.91 Å². The number of aryl methyl sites for hydroxylation is 1. The van der Waals surface area contributed by atoms with Crippen molar-refractivity contribution >= 4 is 23.1 Å². The molecule has 88 valence electrons. The zero-order valence-corrected chi connectivity index (χ0v) is 9.75. The Hall–Kier alpha value is -1.63. The lowest BCUT2D eigenvalue weighted by Crippen LogP contribution is -2.30. The summed E-state index contributed by atoms with van der Waals surface area (Å²) in [6, 6.07) is 0. The zero-order valence-electron chi connectivity index (χ0n) is 8.93. The fraction of sp³-hybridized carbons (Fsp3) is 0.444. The maximum absolute atomic E-state index is 11.2. The second-order valence-electron chi connectivity index (χ2n) is 3.25. The highest BCUT2D eigenvalue weighted by Crippen LogP contribution is 2.08. The molecule has 1 heterocycles. The summed E-state index contributed by atoms with van der Waals surface area (Å²) in [5.74, 6) is -0.355. The molecule has 0 radical (unpaired) electrons. The Bertz CT molecular complexity index is 389. The molecule has 0 atom stereocenters. The Balaban J connectivity index is 2.23. The first-order chi connectivity index (χ1) is 7.61. The predicted octanol–water partition coefficient (Wildman–Crippen LogP) is 0.247. The molecule has 6 nitrogen and oxygen atoms in total. The molecular formula is C9H14N4O2S. The summed E-state index contributed by atoms with van der Waals surface area (Å²) in [7, 11) is 0. The first kappa shape index (κ1) is 12.4. The number of carbonyl (C=O) groups excluding carboxylic acids is 1. The Morgan fingerprint density at radius 1 is 1.75 bits per heavy atom. The van der Waals surface area contributed by atoms with E-state index in [9.17, 15) is 4.79 Å². The van der Waals surface area contributed by atoms with Gasteiger partial charge in [-0.2, -0.15) is 0 Å². The van der Waals surface area contributed by atoms with E-state index in [0.717, 1.165) is 10.7 Å². The van der Waals surface area contributed by atoms with E-state index in [4.69, 9.17) is 10.9 Å². The van der Waals surface area contributed by atoms with Gasteiger partial charge >= 0.3 is 0 Å². The average molecular weight is 242 g/mol. The first-order valence-corrected chi connectivity index (χ1v) is 5.64. The van der Waals surface area contributed by atoms with Crippen molar-refractivity contribution in [1.29, 1.82) is 0 Å². The van der Waals surface area contributed by atoms with Crippen molar-refractivity contribution in [2.45, 2.75) is 19.8 Å². The minimum atomic E-state index is -0.261. The molecule has 0 saturated carbocycles. The molecule has 0 bridgehead atoms. The molecular weight excluding hydrogens is 228 g/mol. The molecule has 0 aliphatic rings. The third kappa shape index (κ3) is 4.26. The molecule has 0 aromatic carbocycles. The Morgan fingerprint density at radius 3 is 3.06 bits per heavy atom. The lowest BCUT2D eigenvalue weighted by Gasteiger charge is -2.02. The molecule has 0 spiro atoms. The number of aromatic nitrogens is 1. The molecule has 0 saturated heterocycles. The highest BCUT2D eigenvalue weighted by Gasteiger charge is 2.05. The lowest BCUT2D eigenvalue weighted by atomic mass is 10.3. The lowest BCUT2D eigenvalue weighted by molar-refractivity contribution is -0.119. The number of nitrogens with two attached hydrogens (primary N) is 1. The highest BCUT2D eigenvalue weighted by atomic mass is 32.1. The Labute approximate surface area is 97.2 Å². The summed E-state index contributed by atoms with van der Waals surface area (Å²) in [6.07, 6.45) is 0.605. The third-order valence-corrected chi connectivity index (χ3v) is 2.82. The monoisotopic (exact) mass is 242 g/mol. The fourth-order valence-corrected chi connectivity index (χ4v) is 1.86. The molecule has 4 N–H and O–H groups in total. The van der Waals surface area contributed by atoms with E-state index in [1.807, 2.05) is 12.3 Å². The summed E-state index contributed by atoms with van der Waals surface area (Å²) in [6.45, 7) is 2.43. The van der Waals surface area contributed by atoms with Gasteiger partial charge in [0.05, 0.1) is 11.4 Å².